The second-order valence-corrected chi connectivity index (χ2v) is 20.8. The third kappa shape index (κ3) is 9.42. The van der Waals surface area contributed by atoms with E-state index in [-0.39, 0.29) is 84.4 Å². The van der Waals surface area contributed by atoms with Crippen LogP contribution in [0.25, 0.3) is 117 Å². The van der Waals surface area contributed by atoms with E-state index >= 15 is 0 Å². The first-order chi connectivity index (χ1) is 48.0. The summed E-state index contributed by atoms with van der Waals surface area (Å²) in [6, 6.07) is 36.5. The second kappa shape index (κ2) is 20.7. The molecule has 0 fully saturated rings. The van der Waals surface area contributed by atoms with E-state index in [2.05, 4.69) is 49.9 Å². The maximum absolute atomic E-state index is 9.43. The SMILES string of the molecule is [2H]c1c([2H])c([2H])c(-c2cc(-c3cccc(-c4cc(-c5c([2H])c([2H])c([2H])c([2H])c5[2H])cc(-c5c([2H])c([2H])c([2H])c(C)c5[2H])c4)c3-[n+]3[c-]n(-c4cccc(Oc5ccc6c7ccccc7n(-c7cc(C(C)(C)C)ccn7)c6c5)c4)c4ccccc43)cc(-c3c([2H])c([2H])c([2H])c([2H])c3[2H])c2)c([2H])c1[2H]. The fourth-order valence-corrected chi connectivity index (χ4v) is 10.7. The molecule has 14 rings (SSSR count). The number of rotatable bonds is 11. The van der Waals surface area contributed by atoms with E-state index in [1.54, 1.807) is 47.0 Å². The van der Waals surface area contributed by atoms with E-state index < -0.39 is 103 Å². The van der Waals surface area contributed by atoms with Gasteiger partial charge in [-0.05, 0) is 170 Å². The van der Waals surface area contributed by atoms with Gasteiger partial charge < -0.3 is 4.74 Å². The van der Waals surface area contributed by atoms with Crippen LogP contribution in [0.1, 0.15) is 57.9 Å². The summed E-state index contributed by atoms with van der Waals surface area (Å²) in [6.07, 6.45) is 5.45. The van der Waals surface area contributed by atoms with Gasteiger partial charge >= 0.3 is 0 Å². The summed E-state index contributed by atoms with van der Waals surface area (Å²) in [7, 11) is 0. The van der Waals surface area contributed by atoms with Crippen LogP contribution >= 0.6 is 0 Å². The van der Waals surface area contributed by atoms with E-state index in [4.69, 9.17) is 24.8 Å². The van der Waals surface area contributed by atoms with Crippen LogP contribution in [0, 0.1) is 13.3 Å². The first-order valence-corrected chi connectivity index (χ1v) is 26.5. The Morgan fingerprint density at radius 2 is 1.01 bits per heavy atom. The Morgan fingerprint density at radius 3 is 1.66 bits per heavy atom. The molecule has 0 aliphatic carbocycles. The summed E-state index contributed by atoms with van der Waals surface area (Å²) in [4.78, 5) is 4.86. The number of hydrogen-bond acceptors (Lipinski definition) is 2. The van der Waals surface area contributed by atoms with Crippen LogP contribution in [0.2, 0.25) is 0 Å². The number of fused-ring (bicyclic) bond motifs is 4. The summed E-state index contributed by atoms with van der Waals surface area (Å²) in [5.41, 5.74) is 5.29. The highest BCUT2D eigenvalue weighted by atomic mass is 16.5. The average Bonchev–Trinajstić information content (AvgIpc) is 1.74. The van der Waals surface area contributed by atoms with Gasteiger partial charge in [-0.15, -0.1) is 0 Å². The Morgan fingerprint density at radius 1 is 0.463 bits per heavy atom. The van der Waals surface area contributed by atoms with Crippen molar-refractivity contribution in [2.24, 2.45) is 0 Å². The number of ether oxygens (including phenoxy) is 1. The second-order valence-electron chi connectivity index (χ2n) is 20.8. The summed E-state index contributed by atoms with van der Waals surface area (Å²) >= 11 is 0. The molecule has 0 aliphatic heterocycles. The predicted molar refractivity (Wildman–Crippen MR) is 338 cm³/mol. The zero-order valence-corrected chi connectivity index (χ0v) is 44.8. The molecule has 0 spiro atoms. The minimum absolute atomic E-state index is 0.00809. The lowest BCUT2D eigenvalue weighted by Gasteiger charge is -2.20. The van der Waals surface area contributed by atoms with Gasteiger partial charge in [0.2, 0.25) is 0 Å². The molecular formula is C77H58N4O. The van der Waals surface area contributed by atoms with Crippen LogP contribution in [0.15, 0.2) is 279 Å². The van der Waals surface area contributed by atoms with Gasteiger partial charge in [0.1, 0.15) is 17.3 Å². The molecule has 14 aromatic rings. The van der Waals surface area contributed by atoms with Crippen molar-refractivity contribution >= 4 is 32.8 Å². The summed E-state index contributed by atoms with van der Waals surface area (Å²) in [5.74, 6) is 1.72. The molecule has 0 saturated carbocycles. The number of hydrogen-bond donors (Lipinski definition) is 0. The average molecular weight is 1070 g/mol. The molecular weight excluding hydrogens is 997 g/mol. The molecule has 0 bridgehead atoms. The summed E-state index contributed by atoms with van der Waals surface area (Å²) < 4.78 is 183. The van der Waals surface area contributed by atoms with Crippen molar-refractivity contribution < 1.29 is 35.3 Å². The molecule has 392 valence electrons. The Hall–Kier alpha value is -10.4. The van der Waals surface area contributed by atoms with Crippen molar-refractivity contribution in [3.05, 3.63) is 296 Å². The standard InChI is InChI=1S/C77H58N4O/c1-52-21-18-28-56(41-52)60-43-59(55-26-12-7-13-27-55)46-62(47-60)68-33-20-32-67(61-44-57(53-22-8-5-9-23-53)42-58(45-61)54-24-10-6-11-25-54)76(68)80-51-79(72-35-16-17-36-73(72)80)64-29-19-30-65(49-64)82-66-37-38-70-69-31-14-15-34-71(69)81(74(70)50-66)75-48-63(39-40-78-75)77(2,3)4/h5-50H,1-4H3/i5D,6D,7D,8D,9D,10D,11D,12D,13D,18D,21D,22D,23D,24D,25D,26D,27D,28D,41D. The Labute approximate surface area is 505 Å². The van der Waals surface area contributed by atoms with E-state index in [1.807, 2.05) is 95.7 Å². The van der Waals surface area contributed by atoms with Crippen molar-refractivity contribution in [2.45, 2.75) is 33.1 Å². The van der Waals surface area contributed by atoms with Gasteiger partial charge in [-0.3, -0.25) is 13.7 Å². The van der Waals surface area contributed by atoms with E-state index in [0.717, 1.165) is 33.2 Å². The summed E-state index contributed by atoms with van der Waals surface area (Å²) in [6.45, 7) is 7.96. The van der Waals surface area contributed by atoms with Crippen LogP contribution in [0.4, 0.5) is 0 Å². The quantitative estimate of drug-likeness (QED) is 0.0956. The zero-order chi connectivity index (χ0) is 71.8. The topological polar surface area (TPSA) is 35.9 Å². The van der Waals surface area contributed by atoms with Gasteiger partial charge in [0.15, 0.2) is 0 Å². The molecule has 0 radical (unpaired) electrons. The first-order valence-electron chi connectivity index (χ1n) is 36.0. The van der Waals surface area contributed by atoms with Gasteiger partial charge in [0.25, 0.3) is 6.33 Å². The monoisotopic (exact) mass is 1070 g/mol. The third-order valence-electron chi connectivity index (χ3n) is 14.5. The van der Waals surface area contributed by atoms with Crippen molar-refractivity contribution in [2.75, 3.05) is 0 Å². The van der Waals surface area contributed by atoms with Gasteiger partial charge in [0.05, 0.1) is 59.5 Å². The maximum atomic E-state index is 9.43. The molecule has 0 unspecified atom stereocenters. The fraction of sp³-hybridized carbons (Fsp3) is 0.0649. The number of para-hydroxylation sites is 4. The Kier molecular flexibility index (Phi) is 8.40. The molecule has 5 nitrogen and oxygen atoms in total. The van der Waals surface area contributed by atoms with Gasteiger partial charge in [0, 0.05) is 23.0 Å². The van der Waals surface area contributed by atoms with Crippen molar-refractivity contribution in [1.29, 1.82) is 0 Å². The molecule has 5 heteroatoms. The molecule has 11 aromatic carbocycles. The van der Waals surface area contributed by atoms with E-state index in [1.165, 1.54) is 19.1 Å². The van der Waals surface area contributed by atoms with Crippen molar-refractivity contribution in [3.8, 4) is 95.5 Å². The molecule has 0 N–H and O–H groups in total. The highest BCUT2D eigenvalue weighted by Crippen LogP contribution is 2.42. The molecule has 82 heavy (non-hydrogen) atoms. The molecule has 0 saturated heterocycles. The van der Waals surface area contributed by atoms with Crippen LogP contribution in [0.3, 0.4) is 0 Å². The van der Waals surface area contributed by atoms with Crippen LogP contribution in [-0.2, 0) is 5.41 Å². The number of aromatic nitrogens is 4. The lowest BCUT2D eigenvalue weighted by molar-refractivity contribution is -0.571. The smallest absolute Gasteiger partial charge is 0.269 e. The third-order valence-corrected chi connectivity index (χ3v) is 14.5. The van der Waals surface area contributed by atoms with Crippen LogP contribution in [0.5, 0.6) is 11.5 Å². The van der Waals surface area contributed by atoms with Crippen molar-refractivity contribution in [1.82, 2.24) is 14.1 Å². The summed E-state index contributed by atoms with van der Waals surface area (Å²) in [5, 5.41) is 2.03. The van der Waals surface area contributed by atoms with Gasteiger partial charge in [-0.1, -0.05) is 208 Å². The van der Waals surface area contributed by atoms with Crippen LogP contribution < -0.4 is 9.30 Å². The maximum Gasteiger partial charge on any atom is 0.269 e. The lowest BCUT2D eigenvalue weighted by atomic mass is 9.88. The molecule has 3 heterocycles. The van der Waals surface area contributed by atoms with Gasteiger partial charge in [-0.25, -0.2) is 4.98 Å². The number of pyridine rings is 1. The number of nitrogens with zero attached hydrogens (tertiary/aromatic N) is 4. The zero-order valence-electron chi connectivity index (χ0n) is 63.8. The Balaban J connectivity index is 1.04. The lowest BCUT2D eigenvalue weighted by Crippen LogP contribution is -2.31. The molecule has 3 aromatic heterocycles. The van der Waals surface area contributed by atoms with E-state index in [9.17, 15) is 11.0 Å². The van der Waals surface area contributed by atoms with Crippen molar-refractivity contribution in [3.63, 3.8) is 0 Å². The number of benzene rings is 11. The molecule has 0 amide bonds. The fourth-order valence-electron chi connectivity index (χ4n) is 10.7. The Bertz CT molecular complexity index is 5400. The van der Waals surface area contributed by atoms with Crippen LogP contribution in [-0.4, -0.2) is 14.1 Å². The normalized spacial score (nSPS) is 14.9. The predicted octanol–water partition coefficient (Wildman–Crippen LogP) is 19.6. The van der Waals surface area contributed by atoms with Gasteiger partial charge in [-0.2, -0.15) is 0 Å². The first kappa shape index (κ1) is 33.3. The molecule has 0 aliphatic rings. The minimum atomic E-state index is -0.663. The molecule has 0 atom stereocenters. The highest BCUT2D eigenvalue weighted by Gasteiger charge is 2.23. The minimum Gasteiger partial charge on any atom is -0.458 e. The largest absolute Gasteiger partial charge is 0.458 e. The van der Waals surface area contributed by atoms with E-state index in [0.29, 0.717) is 39.3 Å². The highest BCUT2D eigenvalue weighted by molar-refractivity contribution is 6.09. The number of imidazole rings is 1.